The Labute approximate surface area is 124 Å². The highest BCUT2D eigenvalue weighted by Gasteiger charge is 2.12. The lowest BCUT2D eigenvalue weighted by atomic mass is 10.2. The third-order valence-electron chi connectivity index (χ3n) is 2.78. The lowest BCUT2D eigenvalue weighted by molar-refractivity contribution is -0.113. The van der Waals surface area contributed by atoms with Gasteiger partial charge in [-0.15, -0.1) is 0 Å². The standard InChI is InChI=1S/C15H15FN2O2S/c1-10-3-2-4-12(7-10)21(20)9-15(19)18-14-8-11(17)5-6-13(14)16/h2-8H,9,17H2,1H3,(H,18,19). The maximum absolute atomic E-state index is 13.5. The molecule has 6 heteroatoms. The van der Waals surface area contributed by atoms with Crippen molar-refractivity contribution in [1.82, 2.24) is 0 Å². The molecule has 0 aromatic heterocycles. The second-order valence-electron chi connectivity index (χ2n) is 4.59. The maximum Gasteiger partial charge on any atom is 0.237 e. The van der Waals surface area contributed by atoms with E-state index in [0.29, 0.717) is 10.6 Å². The Morgan fingerprint density at radius 2 is 2.05 bits per heavy atom. The molecule has 0 fully saturated rings. The van der Waals surface area contributed by atoms with Gasteiger partial charge in [-0.25, -0.2) is 4.39 Å². The molecule has 0 aliphatic rings. The molecule has 3 N–H and O–H groups in total. The molecule has 0 aliphatic carbocycles. The van der Waals surface area contributed by atoms with Gasteiger partial charge in [0.05, 0.1) is 16.5 Å². The van der Waals surface area contributed by atoms with Gasteiger partial charge in [-0.05, 0) is 42.8 Å². The van der Waals surface area contributed by atoms with Crippen molar-refractivity contribution in [3.05, 3.63) is 53.8 Å². The second-order valence-corrected chi connectivity index (χ2v) is 6.04. The number of hydrogen-bond donors (Lipinski definition) is 2. The number of benzene rings is 2. The minimum absolute atomic E-state index is 0.0127. The van der Waals surface area contributed by atoms with E-state index >= 15 is 0 Å². The summed E-state index contributed by atoms with van der Waals surface area (Å²) in [6, 6.07) is 11.0. The summed E-state index contributed by atoms with van der Waals surface area (Å²) in [5.41, 5.74) is 6.82. The van der Waals surface area contributed by atoms with Crippen molar-refractivity contribution in [3.8, 4) is 0 Å². The van der Waals surface area contributed by atoms with Gasteiger partial charge in [0.2, 0.25) is 5.91 Å². The van der Waals surface area contributed by atoms with Crippen molar-refractivity contribution < 1.29 is 13.4 Å². The molecule has 2 rings (SSSR count). The molecule has 4 nitrogen and oxygen atoms in total. The van der Waals surface area contributed by atoms with Gasteiger partial charge in [0.15, 0.2) is 0 Å². The lowest BCUT2D eigenvalue weighted by Gasteiger charge is -2.07. The summed E-state index contributed by atoms with van der Waals surface area (Å²) in [7, 11) is -1.48. The molecule has 21 heavy (non-hydrogen) atoms. The number of aryl methyl sites for hydroxylation is 1. The molecule has 0 bridgehead atoms. The largest absolute Gasteiger partial charge is 0.399 e. The molecule has 110 valence electrons. The number of hydrogen-bond acceptors (Lipinski definition) is 3. The van der Waals surface area contributed by atoms with Gasteiger partial charge >= 0.3 is 0 Å². The average molecular weight is 306 g/mol. The topological polar surface area (TPSA) is 72.2 Å². The minimum Gasteiger partial charge on any atom is -0.399 e. The zero-order valence-electron chi connectivity index (χ0n) is 11.4. The van der Waals surface area contributed by atoms with Crippen molar-refractivity contribution in [2.24, 2.45) is 0 Å². The van der Waals surface area contributed by atoms with Crippen molar-refractivity contribution in [1.29, 1.82) is 0 Å². The van der Waals surface area contributed by atoms with E-state index in [1.54, 1.807) is 18.2 Å². The first-order valence-electron chi connectivity index (χ1n) is 6.25. The number of nitrogens with one attached hydrogen (secondary N) is 1. The lowest BCUT2D eigenvalue weighted by Crippen LogP contribution is -2.20. The Kier molecular flexibility index (Phi) is 4.70. The third kappa shape index (κ3) is 4.13. The van der Waals surface area contributed by atoms with Gasteiger partial charge in [0.1, 0.15) is 11.6 Å². The van der Waals surface area contributed by atoms with Gasteiger partial charge in [-0.2, -0.15) is 0 Å². The normalized spacial score (nSPS) is 11.9. The van der Waals surface area contributed by atoms with Crippen LogP contribution < -0.4 is 11.1 Å². The fraction of sp³-hybridized carbons (Fsp3) is 0.133. The van der Waals surface area contributed by atoms with E-state index in [4.69, 9.17) is 5.73 Å². The fourth-order valence-electron chi connectivity index (χ4n) is 1.78. The number of nitrogens with two attached hydrogens (primary N) is 1. The number of carbonyl (C=O) groups is 1. The van der Waals surface area contributed by atoms with Gasteiger partial charge in [0, 0.05) is 10.6 Å². The van der Waals surface area contributed by atoms with Crippen molar-refractivity contribution >= 4 is 28.1 Å². The van der Waals surface area contributed by atoms with E-state index in [2.05, 4.69) is 5.32 Å². The minimum atomic E-state index is -1.48. The Hall–Kier alpha value is -2.21. The summed E-state index contributed by atoms with van der Waals surface area (Å²) in [5.74, 6) is -1.35. The first-order chi connectivity index (χ1) is 9.95. The van der Waals surface area contributed by atoms with Crippen LogP contribution in [0.2, 0.25) is 0 Å². The molecule has 0 aliphatic heterocycles. The first-order valence-corrected chi connectivity index (χ1v) is 7.57. The highest BCUT2D eigenvalue weighted by atomic mass is 32.2. The zero-order valence-corrected chi connectivity index (χ0v) is 12.2. The maximum atomic E-state index is 13.5. The van der Waals surface area contributed by atoms with Crippen LogP contribution in [0.5, 0.6) is 0 Å². The van der Waals surface area contributed by atoms with Crippen molar-refractivity contribution in [3.63, 3.8) is 0 Å². The Morgan fingerprint density at radius 1 is 1.29 bits per heavy atom. The molecule has 1 atom stereocenters. The van der Waals surface area contributed by atoms with E-state index in [-0.39, 0.29) is 11.4 Å². The van der Waals surface area contributed by atoms with E-state index in [1.165, 1.54) is 18.2 Å². The molecule has 2 aromatic carbocycles. The molecule has 0 saturated carbocycles. The van der Waals surface area contributed by atoms with Crippen LogP contribution in [0.4, 0.5) is 15.8 Å². The Morgan fingerprint density at radius 3 is 2.76 bits per heavy atom. The summed E-state index contributed by atoms with van der Waals surface area (Å²) in [5, 5.41) is 2.38. The number of amides is 1. The quantitative estimate of drug-likeness (QED) is 0.852. The van der Waals surface area contributed by atoms with E-state index in [0.717, 1.165) is 5.56 Å². The van der Waals surface area contributed by atoms with Crippen molar-refractivity contribution in [2.75, 3.05) is 16.8 Å². The predicted molar refractivity (Wildman–Crippen MR) is 81.9 cm³/mol. The van der Waals surface area contributed by atoms with Crippen LogP contribution in [0, 0.1) is 12.7 Å². The van der Waals surface area contributed by atoms with Gasteiger partial charge in [0.25, 0.3) is 0 Å². The smallest absolute Gasteiger partial charge is 0.237 e. The van der Waals surface area contributed by atoms with Crippen molar-refractivity contribution in [2.45, 2.75) is 11.8 Å². The fourth-order valence-corrected chi connectivity index (χ4v) is 2.81. The highest BCUT2D eigenvalue weighted by molar-refractivity contribution is 7.85. The van der Waals surface area contributed by atoms with Crippen LogP contribution in [0.25, 0.3) is 0 Å². The number of nitrogen functional groups attached to an aromatic ring is 1. The zero-order chi connectivity index (χ0) is 15.4. The van der Waals surface area contributed by atoms with E-state index < -0.39 is 22.5 Å². The van der Waals surface area contributed by atoms with E-state index in [1.807, 2.05) is 13.0 Å². The van der Waals surface area contributed by atoms with Gasteiger partial charge in [-0.3, -0.25) is 9.00 Å². The molecule has 0 radical (unpaired) electrons. The number of carbonyl (C=O) groups excluding carboxylic acids is 1. The summed E-state index contributed by atoms with van der Waals surface area (Å²) < 4.78 is 25.6. The predicted octanol–water partition coefficient (Wildman–Crippen LogP) is 2.46. The van der Waals surface area contributed by atoms with Gasteiger partial charge in [-0.1, -0.05) is 12.1 Å². The number of rotatable bonds is 4. The summed E-state index contributed by atoms with van der Waals surface area (Å²) in [4.78, 5) is 12.4. The number of halogens is 1. The number of anilines is 2. The first kappa shape index (κ1) is 15.2. The molecule has 1 amide bonds. The van der Waals surface area contributed by atoms with Crippen LogP contribution in [-0.2, 0) is 15.6 Å². The van der Waals surface area contributed by atoms with Gasteiger partial charge < -0.3 is 11.1 Å². The summed E-state index contributed by atoms with van der Waals surface area (Å²) in [6.45, 7) is 1.88. The second kappa shape index (κ2) is 6.49. The Balaban J connectivity index is 2.05. The Bertz CT molecular complexity index is 704. The van der Waals surface area contributed by atoms with Crippen LogP contribution in [-0.4, -0.2) is 15.9 Å². The molecule has 0 spiro atoms. The highest BCUT2D eigenvalue weighted by Crippen LogP contribution is 2.17. The molecular weight excluding hydrogens is 291 g/mol. The summed E-state index contributed by atoms with van der Waals surface area (Å²) in [6.07, 6.45) is 0. The van der Waals surface area contributed by atoms with Crippen LogP contribution in [0.1, 0.15) is 5.56 Å². The van der Waals surface area contributed by atoms with Crippen LogP contribution in [0.15, 0.2) is 47.4 Å². The average Bonchev–Trinajstić information content (AvgIpc) is 2.42. The molecule has 0 saturated heterocycles. The van der Waals surface area contributed by atoms with Crippen LogP contribution in [0.3, 0.4) is 0 Å². The SMILES string of the molecule is Cc1cccc(S(=O)CC(=O)Nc2cc(N)ccc2F)c1. The third-order valence-corrected chi connectivity index (χ3v) is 4.08. The van der Waals surface area contributed by atoms with Crippen LogP contribution >= 0.6 is 0 Å². The molecule has 1 unspecified atom stereocenters. The molecule has 2 aromatic rings. The molecular formula is C15H15FN2O2S. The monoisotopic (exact) mass is 306 g/mol. The molecule has 0 heterocycles. The van der Waals surface area contributed by atoms with E-state index in [9.17, 15) is 13.4 Å². The summed E-state index contributed by atoms with van der Waals surface area (Å²) >= 11 is 0.